The molecule has 38 heavy (non-hydrogen) atoms. The number of carbonyl (C=O) groups excluding carboxylic acids is 2. The van der Waals surface area contributed by atoms with Crippen molar-refractivity contribution in [3.05, 3.63) is 93.5 Å². The molecule has 3 aromatic rings. The van der Waals surface area contributed by atoms with Gasteiger partial charge in [0.1, 0.15) is 19.3 Å². The van der Waals surface area contributed by atoms with Crippen molar-refractivity contribution < 1.29 is 19.1 Å². The Balaban J connectivity index is 1.59. The lowest BCUT2D eigenvalue weighted by Crippen LogP contribution is -2.50. The molecule has 0 radical (unpaired) electrons. The molecule has 200 valence electrons. The van der Waals surface area contributed by atoms with Crippen LogP contribution in [0.5, 0.6) is 11.5 Å². The van der Waals surface area contributed by atoms with Gasteiger partial charge in [0.15, 0.2) is 11.5 Å². The minimum Gasteiger partial charge on any atom is -0.486 e. The maximum absolute atomic E-state index is 13.8. The third-order valence-electron chi connectivity index (χ3n) is 6.39. The van der Waals surface area contributed by atoms with Gasteiger partial charge in [-0.3, -0.25) is 9.59 Å². The third kappa shape index (κ3) is 7.42. The first-order chi connectivity index (χ1) is 18.4. The zero-order chi connectivity index (χ0) is 26.9. The second kappa shape index (κ2) is 13.5. The summed E-state index contributed by atoms with van der Waals surface area (Å²) in [5, 5.41) is 3.84. The zero-order valence-corrected chi connectivity index (χ0v) is 22.9. The van der Waals surface area contributed by atoms with E-state index in [1.54, 1.807) is 17.0 Å². The van der Waals surface area contributed by atoms with Crippen LogP contribution in [0.25, 0.3) is 0 Å². The van der Waals surface area contributed by atoms with E-state index in [1.165, 1.54) is 0 Å². The summed E-state index contributed by atoms with van der Waals surface area (Å²) in [6.45, 7) is 3.79. The van der Waals surface area contributed by atoms with E-state index in [-0.39, 0.29) is 24.8 Å². The van der Waals surface area contributed by atoms with Gasteiger partial charge in [-0.1, -0.05) is 72.6 Å². The van der Waals surface area contributed by atoms with Crippen LogP contribution in [-0.2, 0) is 29.0 Å². The van der Waals surface area contributed by atoms with Gasteiger partial charge < -0.3 is 19.7 Å². The highest BCUT2D eigenvalue weighted by Crippen LogP contribution is 2.31. The molecule has 1 atom stereocenters. The molecule has 4 rings (SSSR count). The van der Waals surface area contributed by atoms with Crippen molar-refractivity contribution in [3.8, 4) is 11.5 Å². The Labute approximate surface area is 233 Å². The molecule has 0 saturated heterocycles. The van der Waals surface area contributed by atoms with Crippen LogP contribution in [-0.4, -0.2) is 42.5 Å². The lowest BCUT2D eigenvalue weighted by Gasteiger charge is -2.32. The van der Waals surface area contributed by atoms with Crippen LogP contribution >= 0.6 is 23.2 Å². The summed E-state index contributed by atoms with van der Waals surface area (Å²) in [4.78, 5) is 28.9. The van der Waals surface area contributed by atoms with Crippen LogP contribution in [0.1, 0.15) is 36.5 Å². The summed E-state index contributed by atoms with van der Waals surface area (Å²) < 4.78 is 11.3. The average molecular weight is 556 g/mol. The second-order valence-corrected chi connectivity index (χ2v) is 10.1. The highest BCUT2D eigenvalue weighted by molar-refractivity contribution is 6.42. The SMILES string of the molecule is CCCNC(=O)[C@H](Cc1ccccc1)N(Cc1ccc(Cl)c(Cl)c1)C(=O)CCc1ccc2c(c1)OCCO2. The molecule has 0 aromatic heterocycles. The van der Waals surface area contributed by atoms with E-state index in [0.717, 1.165) is 23.1 Å². The van der Waals surface area contributed by atoms with E-state index in [0.29, 0.717) is 54.1 Å². The van der Waals surface area contributed by atoms with E-state index in [9.17, 15) is 9.59 Å². The average Bonchev–Trinajstić information content (AvgIpc) is 2.94. The third-order valence-corrected chi connectivity index (χ3v) is 7.13. The molecule has 1 aliphatic rings. The lowest BCUT2D eigenvalue weighted by molar-refractivity contribution is -0.141. The van der Waals surface area contributed by atoms with E-state index in [1.807, 2.05) is 61.5 Å². The summed E-state index contributed by atoms with van der Waals surface area (Å²) in [6.07, 6.45) is 1.93. The summed E-state index contributed by atoms with van der Waals surface area (Å²) in [6, 6.07) is 20.1. The number of fused-ring (bicyclic) bond motifs is 1. The van der Waals surface area contributed by atoms with Gasteiger partial charge in [0.25, 0.3) is 0 Å². The first-order valence-electron chi connectivity index (χ1n) is 12.9. The Morgan fingerprint density at radius 3 is 2.37 bits per heavy atom. The van der Waals surface area contributed by atoms with E-state index in [2.05, 4.69) is 5.32 Å². The van der Waals surface area contributed by atoms with Gasteiger partial charge in [0, 0.05) is 25.9 Å². The van der Waals surface area contributed by atoms with Gasteiger partial charge in [0.05, 0.1) is 10.0 Å². The molecule has 0 aliphatic carbocycles. The van der Waals surface area contributed by atoms with Gasteiger partial charge in [-0.15, -0.1) is 0 Å². The summed E-state index contributed by atoms with van der Waals surface area (Å²) in [5.41, 5.74) is 2.74. The van der Waals surface area contributed by atoms with Crippen LogP contribution in [0.3, 0.4) is 0 Å². The molecule has 8 heteroatoms. The molecule has 1 heterocycles. The zero-order valence-electron chi connectivity index (χ0n) is 21.4. The fraction of sp³-hybridized carbons (Fsp3) is 0.333. The molecule has 3 aromatic carbocycles. The highest BCUT2D eigenvalue weighted by Gasteiger charge is 2.30. The molecule has 0 unspecified atom stereocenters. The van der Waals surface area contributed by atoms with Gasteiger partial charge in [-0.05, 0) is 53.8 Å². The predicted molar refractivity (Wildman–Crippen MR) is 150 cm³/mol. The van der Waals surface area contributed by atoms with Crippen molar-refractivity contribution in [2.24, 2.45) is 0 Å². The van der Waals surface area contributed by atoms with Gasteiger partial charge in [0.2, 0.25) is 11.8 Å². The number of hydrogen-bond acceptors (Lipinski definition) is 4. The topological polar surface area (TPSA) is 67.9 Å². The number of hydrogen-bond donors (Lipinski definition) is 1. The first kappa shape index (κ1) is 27.8. The van der Waals surface area contributed by atoms with Gasteiger partial charge >= 0.3 is 0 Å². The lowest BCUT2D eigenvalue weighted by atomic mass is 10.0. The smallest absolute Gasteiger partial charge is 0.243 e. The molecule has 2 amide bonds. The fourth-order valence-electron chi connectivity index (χ4n) is 4.39. The monoisotopic (exact) mass is 554 g/mol. The van der Waals surface area contributed by atoms with Crippen LogP contribution in [0.15, 0.2) is 66.7 Å². The number of ether oxygens (including phenoxy) is 2. The molecule has 6 nitrogen and oxygen atoms in total. The summed E-state index contributed by atoms with van der Waals surface area (Å²) in [5.74, 6) is 1.10. The second-order valence-electron chi connectivity index (χ2n) is 9.24. The van der Waals surface area contributed by atoms with Crippen LogP contribution < -0.4 is 14.8 Å². The number of halogens is 2. The number of carbonyl (C=O) groups is 2. The molecule has 1 aliphatic heterocycles. The van der Waals surface area contributed by atoms with E-state index in [4.69, 9.17) is 32.7 Å². The van der Waals surface area contributed by atoms with Crippen LogP contribution in [0.2, 0.25) is 10.0 Å². The molecule has 1 N–H and O–H groups in total. The fourth-order valence-corrected chi connectivity index (χ4v) is 4.71. The van der Waals surface area contributed by atoms with Crippen LogP contribution in [0, 0.1) is 0 Å². The van der Waals surface area contributed by atoms with Crippen molar-refractivity contribution in [3.63, 3.8) is 0 Å². The molecular formula is C30H32Cl2N2O4. The molecule has 0 bridgehead atoms. The van der Waals surface area contributed by atoms with Crippen molar-refractivity contribution >= 4 is 35.0 Å². The maximum atomic E-state index is 13.8. The highest BCUT2D eigenvalue weighted by atomic mass is 35.5. The minimum absolute atomic E-state index is 0.126. The number of nitrogens with one attached hydrogen (secondary N) is 1. The Morgan fingerprint density at radius 2 is 1.63 bits per heavy atom. The standard InChI is InChI=1S/C30H32Cl2N2O4/c1-2-14-33-30(36)26(18-21-6-4-3-5-7-21)34(20-23-8-11-24(31)25(32)17-23)29(35)13-10-22-9-12-27-28(19-22)38-16-15-37-27/h3-9,11-12,17,19,26H,2,10,13-16,18,20H2,1H3,(H,33,36)/t26-/m0/s1. The van der Waals surface area contributed by atoms with E-state index >= 15 is 0 Å². The number of aryl methyl sites for hydroxylation is 1. The Kier molecular flexibility index (Phi) is 9.91. The Morgan fingerprint density at radius 1 is 0.895 bits per heavy atom. The van der Waals surface area contributed by atoms with Crippen LogP contribution in [0.4, 0.5) is 0 Å². The largest absolute Gasteiger partial charge is 0.486 e. The molecular weight excluding hydrogens is 523 g/mol. The quantitative estimate of drug-likeness (QED) is 0.322. The van der Waals surface area contributed by atoms with Gasteiger partial charge in [-0.2, -0.15) is 0 Å². The minimum atomic E-state index is -0.689. The van der Waals surface area contributed by atoms with Crippen molar-refractivity contribution in [1.82, 2.24) is 10.2 Å². The molecule has 0 spiro atoms. The summed E-state index contributed by atoms with van der Waals surface area (Å²) in [7, 11) is 0. The number of amides is 2. The predicted octanol–water partition coefficient (Wildman–Crippen LogP) is 5.86. The number of benzene rings is 3. The first-order valence-corrected chi connectivity index (χ1v) is 13.6. The normalized spacial score (nSPS) is 13.0. The summed E-state index contributed by atoms with van der Waals surface area (Å²) >= 11 is 12.4. The number of rotatable bonds is 11. The molecule has 0 fully saturated rings. The van der Waals surface area contributed by atoms with E-state index < -0.39 is 6.04 Å². The van der Waals surface area contributed by atoms with Crippen molar-refractivity contribution in [2.75, 3.05) is 19.8 Å². The van der Waals surface area contributed by atoms with Crippen molar-refractivity contribution in [1.29, 1.82) is 0 Å². The number of nitrogens with zero attached hydrogens (tertiary/aromatic N) is 1. The molecule has 0 saturated carbocycles. The van der Waals surface area contributed by atoms with Gasteiger partial charge in [-0.25, -0.2) is 0 Å². The maximum Gasteiger partial charge on any atom is 0.243 e. The van der Waals surface area contributed by atoms with Crippen molar-refractivity contribution in [2.45, 2.75) is 45.2 Å². The Bertz CT molecular complexity index is 1250. The Hall–Kier alpha value is -3.22.